The van der Waals surface area contributed by atoms with Gasteiger partial charge in [0.1, 0.15) is 0 Å². The largest absolute Gasteiger partial charge is 0.279 e. The lowest BCUT2D eigenvalue weighted by Gasteiger charge is -2.21. The number of alkyl halides is 1. The molecule has 23 heavy (non-hydrogen) atoms. The molecule has 2 aromatic carbocycles. The van der Waals surface area contributed by atoms with Crippen LogP contribution in [-0.2, 0) is 10.0 Å². The number of halogens is 1. The molecule has 0 fully saturated rings. The summed E-state index contributed by atoms with van der Waals surface area (Å²) >= 11 is 2.22. The number of nitrogens with zero attached hydrogens (tertiary/aromatic N) is 2. The quantitative estimate of drug-likeness (QED) is 0.539. The molecule has 0 radical (unpaired) electrons. The molecule has 0 saturated carbocycles. The van der Waals surface area contributed by atoms with Gasteiger partial charge in [-0.2, -0.15) is 17.9 Å². The molecule has 4 nitrogen and oxygen atoms in total. The number of hydrazone groups is 1. The molecule has 1 heterocycles. The molecule has 2 aromatic rings. The van der Waals surface area contributed by atoms with E-state index >= 15 is 0 Å². The minimum Gasteiger partial charge on any atom is -0.200 e. The highest BCUT2D eigenvalue weighted by molar-refractivity contribution is 14.1. The van der Waals surface area contributed by atoms with E-state index in [-0.39, 0.29) is 10.9 Å². The van der Waals surface area contributed by atoms with Crippen molar-refractivity contribution in [3.8, 4) is 0 Å². The Hall–Kier alpha value is -1.41. The predicted molar refractivity (Wildman–Crippen MR) is 100 cm³/mol. The van der Waals surface area contributed by atoms with Crippen molar-refractivity contribution in [2.24, 2.45) is 5.10 Å². The van der Waals surface area contributed by atoms with E-state index in [0.717, 1.165) is 16.8 Å². The molecule has 120 valence electrons. The van der Waals surface area contributed by atoms with Crippen LogP contribution < -0.4 is 0 Å². The Kier molecular flexibility index (Phi) is 4.72. The summed E-state index contributed by atoms with van der Waals surface area (Å²) in [6.07, 6.45) is 0.637. The lowest BCUT2D eigenvalue weighted by molar-refractivity contribution is 0.391. The average molecular weight is 440 g/mol. The standard InChI is InChI=1S/C17H17IN2O2S/c1-13-7-9-16(10-8-13)23(21,22)20-15(12-18)11-17(19-20)14-5-3-2-4-6-14/h2-10,15H,11-12H2,1H3. The van der Waals surface area contributed by atoms with Gasteiger partial charge in [-0.1, -0.05) is 70.6 Å². The van der Waals surface area contributed by atoms with Crippen LogP contribution in [0.2, 0.25) is 0 Å². The molecule has 1 aliphatic heterocycles. The van der Waals surface area contributed by atoms with Crippen LogP contribution in [0.25, 0.3) is 0 Å². The van der Waals surface area contributed by atoms with Crippen LogP contribution in [0.4, 0.5) is 0 Å². The molecule has 3 rings (SSSR count). The van der Waals surface area contributed by atoms with Gasteiger partial charge in [-0.3, -0.25) is 0 Å². The van der Waals surface area contributed by atoms with Gasteiger partial charge in [0.25, 0.3) is 10.0 Å². The monoisotopic (exact) mass is 440 g/mol. The zero-order chi connectivity index (χ0) is 16.4. The summed E-state index contributed by atoms with van der Waals surface area (Å²) < 4.78 is 27.8. The zero-order valence-corrected chi connectivity index (χ0v) is 15.7. The minimum absolute atomic E-state index is 0.142. The second-order valence-corrected chi connectivity index (χ2v) is 8.19. The van der Waals surface area contributed by atoms with E-state index in [0.29, 0.717) is 10.8 Å². The number of benzene rings is 2. The fourth-order valence-corrected chi connectivity index (χ4v) is 4.93. The highest BCUT2D eigenvalue weighted by Gasteiger charge is 2.35. The van der Waals surface area contributed by atoms with Crippen LogP contribution in [0.5, 0.6) is 0 Å². The van der Waals surface area contributed by atoms with Gasteiger partial charge in [-0.25, -0.2) is 0 Å². The molecule has 0 aliphatic carbocycles. The van der Waals surface area contributed by atoms with Crippen LogP contribution >= 0.6 is 22.6 Å². The number of aryl methyl sites for hydroxylation is 1. The third-order valence-electron chi connectivity index (χ3n) is 3.81. The lowest BCUT2D eigenvalue weighted by Crippen LogP contribution is -2.33. The maximum atomic E-state index is 12.9. The van der Waals surface area contributed by atoms with Crippen molar-refractivity contribution >= 4 is 38.3 Å². The molecular formula is C17H17IN2O2S. The SMILES string of the molecule is Cc1ccc(S(=O)(=O)N2N=C(c3ccccc3)CC2CI)cc1. The summed E-state index contributed by atoms with van der Waals surface area (Å²) in [5.41, 5.74) is 2.83. The molecule has 0 saturated heterocycles. The van der Waals surface area contributed by atoms with Crippen molar-refractivity contribution in [3.05, 3.63) is 65.7 Å². The molecule has 1 atom stereocenters. The lowest BCUT2D eigenvalue weighted by atomic mass is 10.1. The normalized spacial score (nSPS) is 18.1. The van der Waals surface area contributed by atoms with Gasteiger partial charge >= 0.3 is 0 Å². The fourth-order valence-electron chi connectivity index (χ4n) is 2.53. The predicted octanol–water partition coefficient (Wildman–Crippen LogP) is 3.60. The second-order valence-electron chi connectivity index (χ2n) is 5.52. The average Bonchev–Trinajstić information content (AvgIpc) is 3.01. The number of hydrogen-bond acceptors (Lipinski definition) is 3. The van der Waals surface area contributed by atoms with E-state index < -0.39 is 10.0 Å². The highest BCUT2D eigenvalue weighted by atomic mass is 127. The van der Waals surface area contributed by atoms with E-state index in [2.05, 4.69) is 27.7 Å². The van der Waals surface area contributed by atoms with E-state index in [9.17, 15) is 8.42 Å². The summed E-state index contributed by atoms with van der Waals surface area (Å²) in [7, 11) is -3.62. The van der Waals surface area contributed by atoms with E-state index in [1.54, 1.807) is 12.1 Å². The van der Waals surface area contributed by atoms with Gasteiger partial charge in [-0.05, 0) is 24.6 Å². The first-order valence-electron chi connectivity index (χ1n) is 7.32. The fraction of sp³-hybridized carbons (Fsp3) is 0.235. The van der Waals surface area contributed by atoms with Crippen molar-refractivity contribution < 1.29 is 8.42 Å². The Bertz CT molecular complexity index is 817. The van der Waals surface area contributed by atoms with Crippen molar-refractivity contribution in [2.75, 3.05) is 4.43 Å². The summed E-state index contributed by atoms with van der Waals surface area (Å²) in [6.45, 7) is 1.94. The van der Waals surface area contributed by atoms with Crippen LogP contribution in [0.15, 0.2) is 64.6 Å². The first-order valence-corrected chi connectivity index (χ1v) is 10.3. The Morgan fingerprint density at radius 2 is 1.78 bits per heavy atom. The third-order valence-corrected chi connectivity index (χ3v) is 6.57. The Balaban J connectivity index is 1.99. The molecule has 0 bridgehead atoms. The van der Waals surface area contributed by atoms with Gasteiger partial charge in [-0.15, -0.1) is 0 Å². The first kappa shape index (κ1) is 16.4. The number of sulfonamides is 1. The molecule has 0 spiro atoms. The van der Waals surface area contributed by atoms with Crippen LogP contribution in [0.1, 0.15) is 17.5 Å². The summed E-state index contributed by atoms with van der Waals surface area (Å²) in [4.78, 5) is 0.288. The highest BCUT2D eigenvalue weighted by Crippen LogP contribution is 2.28. The molecule has 1 unspecified atom stereocenters. The molecule has 6 heteroatoms. The van der Waals surface area contributed by atoms with E-state index in [1.165, 1.54) is 4.41 Å². The first-order chi connectivity index (χ1) is 11.0. The molecule has 1 aliphatic rings. The van der Waals surface area contributed by atoms with Crippen molar-refractivity contribution in [1.82, 2.24) is 4.41 Å². The Morgan fingerprint density at radius 1 is 1.13 bits per heavy atom. The second kappa shape index (κ2) is 6.60. The van der Waals surface area contributed by atoms with Crippen LogP contribution in [0.3, 0.4) is 0 Å². The summed E-state index contributed by atoms with van der Waals surface area (Å²) in [5.74, 6) is 0. The smallest absolute Gasteiger partial charge is 0.200 e. The topological polar surface area (TPSA) is 49.7 Å². The Morgan fingerprint density at radius 3 is 2.39 bits per heavy atom. The van der Waals surface area contributed by atoms with Gasteiger partial charge in [0.15, 0.2) is 0 Å². The molecule has 0 N–H and O–H groups in total. The van der Waals surface area contributed by atoms with Gasteiger partial charge in [0.2, 0.25) is 0 Å². The molecule has 0 aromatic heterocycles. The molecular weight excluding hydrogens is 423 g/mol. The summed E-state index contributed by atoms with van der Waals surface area (Å²) in [6, 6.07) is 16.5. The van der Waals surface area contributed by atoms with E-state index in [4.69, 9.17) is 0 Å². The maximum absolute atomic E-state index is 12.9. The van der Waals surface area contributed by atoms with Crippen molar-refractivity contribution in [1.29, 1.82) is 0 Å². The van der Waals surface area contributed by atoms with Gasteiger partial charge < -0.3 is 0 Å². The summed E-state index contributed by atoms with van der Waals surface area (Å²) in [5, 5.41) is 4.44. The number of rotatable bonds is 4. The Labute approximate surface area is 150 Å². The zero-order valence-electron chi connectivity index (χ0n) is 12.7. The minimum atomic E-state index is -3.62. The number of hydrogen-bond donors (Lipinski definition) is 0. The van der Waals surface area contributed by atoms with Crippen LogP contribution in [0, 0.1) is 6.92 Å². The maximum Gasteiger partial charge on any atom is 0.279 e. The third kappa shape index (κ3) is 3.28. The van der Waals surface area contributed by atoms with Gasteiger partial charge in [0.05, 0.1) is 16.6 Å². The van der Waals surface area contributed by atoms with E-state index in [1.807, 2.05) is 49.4 Å². The van der Waals surface area contributed by atoms with Gasteiger partial charge in [0, 0.05) is 10.8 Å². The van der Waals surface area contributed by atoms with Crippen molar-refractivity contribution in [3.63, 3.8) is 0 Å². The van der Waals surface area contributed by atoms with Crippen molar-refractivity contribution in [2.45, 2.75) is 24.3 Å². The van der Waals surface area contributed by atoms with Crippen LogP contribution in [-0.4, -0.2) is 29.0 Å². The molecule has 0 amide bonds.